The number of benzene rings is 1. The highest BCUT2D eigenvalue weighted by molar-refractivity contribution is 7.87. The molecule has 1 aromatic carbocycles. The zero-order valence-corrected chi connectivity index (χ0v) is 22.2. The first-order chi connectivity index (χ1) is 17.1. The lowest BCUT2D eigenvalue weighted by atomic mass is 10.0. The zero-order chi connectivity index (χ0) is 26.5. The van der Waals surface area contributed by atoms with Crippen molar-refractivity contribution in [2.75, 3.05) is 13.7 Å². The Bertz CT molecular complexity index is 1290. The maximum Gasteiger partial charge on any atom is 0.424 e. The molecule has 0 fully saturated rings. The average Bonchev–Trinajstić information content (AvgIpc) is 2.82. The Morgan fingerprint density at radius 1 is 1.33 bits per heavy atom. The first kappa shape index (κ1) is 27.5. The van der Waals surface area contributed by atoms with Gasteiger partial charge >= 0.3 is 16.3 Å². The van der Waals surface area contributed by atoms with Crippen LogP contribution in [0.15, 0.2) is 30.6 Å². The van der Waals surface area contributed by atoms with E-state index in [4.69, 9.17) is 37.9 Å². The van der Waals surface area contributed by atoms with Crippen molar-refractivity contribution in [3.05, 3.63) is 57.3 Å². The molecule has 1 aromatic heterocycles. The van der Waals surface area contributed by atoms with Crippen molar-refractivity contribution in [2.45, 2.75) is 39.3 Å². The van der Waals surface area contributed by atoms with E-state index in [2.05, 4.69) is 10.4 Å². The topological polar surface area (TPSA) is 125 Å². The van der Waals surface area contributed by atoms with E-state index >= 15 is 0 Å². The molecule has 0 atom stereocenters. The molecule has 3 rings (SSSR count). The molecule has 1 aliphatic rings. The summed E-state index contributed by atoms with van der Waals surface area (Å²) in [5, 5.41) is 9.43. The Labute approximate surface area is 220 Å². The summed E-state index contributed by atoms with van der Waals surface area (Å²) in [5.74, 6) is 0.525. The van der Waals surface area contributed by atoms with Gasteiger partial charge in [-0.3, -0.25) is 4.98 Å². The minimum Gasteiger partial charge on any atom is -0.497 e. The molecule has 2 heterocycles. The fraction of sp³-hybridized carbons (Fsp3) is 0.348. The van der Waals surface area contributed by atoms with Gasteiger partial charge in [-0.15, -0.1) is 0 Å². The van der Waals surface area contributed by atoms with Gasteiger partial charge in [0.05, 0.1) is 41.6 Å². The number of nitriles is 1. The number of carbonyl (C=O) groups is 1. The van der Waals surface area contributed by atoms with Gasteiger partial charge in [0.15, 0.2) is 0 Å². The van der Waals surface area contributed by atoms with Crippen molar-refractivity contribution in [1.82, 2.24) is 19.1 Å². The molecule has 1 amide bonds. The highest BCUT2D eigenvalue weighted by atomic mass is 35.5. The highest BCUT2D eigenvalue weighted by Gasteiger charge is 2.38. The number of fused-ring (bicyclic) bond motifs is 1. The number of halogens is 2. The van der Waals surface area contributed by atoms with Crippen molar-refractivity contribution in [3.63, 3.8) is 0 Å². The minimum atomic E-state index is -4.45. The number of nitrogens with one attached hydrogen (secondary N) is 1. The second-order valence-corrected chi connectivity index (χ2v) is 10.6. The van der Waals surface area contributed by atoms with Crippen LogP contribution >= 0.6 is 23.2 Å². The molecular weight excluding hydrogens is 529 g/mol. The molecule has 10 nitrogen and oxygen atoms in total. The van der Waals surface area contributed by atoms with Gasteiger partial charge in [0.1, 0.15) is 5.75 Å². The van der Waals surface area contributed by atoms with Crippen LogP contribution in [0.2, 0.25) is 10.0 Å². The van der Waals surface area contributed by atoms with Gasteiger partial charge < -0.3 is 14.9 Å². The molecule has 192 valence electrons. The van der Waals surface area contributed by atoms with E-state index in [0.717, 1.165) is 4.41 Å². The van der Waals surface area contributed by atoms with E-state index < -0.39 is 22.4 Å². The van der Waals surface area contributed by atoms with Crippen LogP contribution in [0.3, 0.4) is 0 Å². The quantitative estimate of drug-likeness (QED) is 0.469. The number of carbonyl (C=O) groups excluding carboxylic acids is 1. The Kier molecular flexibility index (Phi) is 9.03. The number of pyridine rings is 1. The van der Waals surface area contributed by atoms with E-state index in [9.17, 15) is 13.2 Å². The fourth-order valence-corrected chi connectivity index (χ4v) is 5.23. The monoisotopic (exact) mass is 553 g/mol. The van der Waals surface area contributed by atoms with Crippen LogP contribution in [0.1, 0.15) is 43.4 Å². The summed E-state index contributed by atoms with van der Waals surface area (Å²) >= 11 is 12.6. The molecule has 36 heavy (non-hydrogen) atoms. The number of nitrogens with zero attached hydrogens (tertiary/aromatic N) is 4. The van der Waals surface area contributed by atoms with Gasteiger partial charge in [-0.25, -0.2) is 4.79 Å². The lowest BCUT2D eigenvalue weighted by Gasteiger charge is -2.35. The van der Waals surface area contributed by atoms with E-state index in [0.29, 0.717) is 32.4 Å². The number of ether oxygens (including phenoxy) is 2. The third kappa shape index (κ3) is 6.20. The fourth-order valence-electron chi connectivity index (χ4n) is 3.41. The molecule has 0 saturated heterocycles. The van der Waals surface area contributed by atoms with Crippen molar-refractivity contribution in [2.24, 2.45) is 0 Å². The second-order valence-electron chi connectivity index (χ2n) is 7.99. The van der Waals surface area contributed by atoms with Crippen LogP contribution in [0.5, 0.6) is 5.75 Å². The van der Waals surface area contributed by atoms with E-state index in [1.807, 2.05) is 6.07 Å². The second kappa shape index (κ2) is 11.8. The number of amides is 1. The van der Waals surface area contributed by atoms with Crippen LogP contribution in [0, 0.1) is 11.3 Å². The molecule has 0 radical (unpaired) electrons. The first-order valence-electron chi connectivity index (χ1n) is 10.9. The molecule has 1 aliphatic heterocycles. The predicted octanol–water partition coefficient (Wildman–Crippen LogP) is 4.61. The number of aromatic nitrogens is 1. The van der Waals surface area contributed by atoms with Crippen molar-refractivity contribution in [3.8, 4) is 11.8 Å². The summed E-state index contributed by atoms with van der Waals surface area (Å²) in [4.78, 5) is 16.7. The normalized spacial score (nSPS) is 14.6. The summed E-state index contributed by atoms with van der Waals surface area (Å²) in [6.45, 7) is 2.88. The van der Waals surface area contributed by atoms with Crippen LogP contribution in [-0.2, 0) is 21.5 Å². The average molecular weight is 554 g/mol. The molecule has 0 saturated carbocycles. The van der Waals surface area contributed by atoms with Gasteiger partial charge in [-0.05, 0) is 50.1 Å². The molecule has 0 bridgehead atoms. The summed E-state index contributed by atoms with van der Waals surface area (Å²) < 4.78 is 39.4. The van der Waals surface area contributed by atoms with Crippen molar-refractivity contribution >= 4 is 51.3 Å². The van der Waals surface area contributed by atoms with Crippen LogP contribution in [0.25, 0.3) is 11.8 Å². The minimum absolute atomic E-state index is 0.0681. The Morgan fingerprint density at radius 2 is 2.03 bits per heavy atom. The lowest BCUT2D eigenvalue weighted by Crippen LogP contribution is -2.53. The number of unbranched alkanes of at least 4 members (excludes halogenated alkanes) is 1. The van der Waals surface area contributed by atoms with E-state index in [1.54, 1.807) is 38.1 Å². The van der Waals surface area contributed by atoms with Gasteiger partial charge in [-0.1, -0.05) is 27.6 Å². The Balaban J connectivity index is 2.09. The number of hydrogen-bond acceptors (Lipinski definition) is 8. The third-order valence-electron chi connectivity index (χ3n) is 5.09. The maximum absolute atomic E-state index is 13.7. The van der Waals surface area contributed by atoms with Gasteiger partial charge in [0.2, 0.25) is 0 Å². The van der Waals surface area contributed by atoms with Gasteiger partial charge in [0, 0.05) is 36.5 Å². The number of hydrazine groups is 1. The van der Waals surface area contributed by atoms with Crippen LogP contribution in [0.4, 0.5) is 4.79 Å². The van der Waals surface area contributed by atoms with Crippen LogP contribution in [-0.4, -0.2) is 48.0 Å². The molecule has 0 spiro atoms. The molecule has 2 aromatic rings. The van der Waals surface area contributed by atoms with Crippen molar-refractivity contribution in [1.29, 1.82) is 5.26 Å². The largest absolute Gasteiger partial charge is 0.497 e. The zero-order valence-electron chi connectivity index (χ0n) is 19.9. The molecular formula is C23H25Cl2N5O5S. The van der Waals surface area contributed by atoms with Gasteiger partial charge in [-0.2, -0.15) is 18.0 Å². The van der Waals surface area contributed by atoms with Crippen LogP contribution < -0.4 is 10.2 Å². The Morgan fingerprint density at radius 3 is 2.64 bits per heavy atom. The molecule has 0 unspecified atom stereocenters. The smallest absolute Gasteiger partial charge is 0.424 e. The predicted molar refractivity (Wildman–Crippen MR) is 136 cm³/mol. The number of rotatable bonds is 8. The highest BCUT2D eigenvalue weighted by Crippen LogP contribution is 2.33. The van der Waals surface area contributed by atoms with E-state index in [-0.39, 0.29) is 36.0 Å². The SMILES string of the molecule is COc1ccc2c(c1)CN(S(=O)(=O)N(CCCC#N)C(=O)OC(C)C)NC2=Cc1c(Cl)cncc1Cl. The van der Waals surface area contributed by atoms with Gasteiger partial charge in [0.25, 0.3) is 0 Å². The summed E-state index contributed by atoms with van der Waals surface area (Å²) in [6.07, 6.45) is 3.08. The standard InChI is InChI=1S/C23H25Cl2N5O5S/c1-15(2)35-23(31)29(9-5-4-8-26)36(32,33)30-14-16-10-17(34-3)6-7-18(16)22(28-30)11-19-20(24)12-27-13-21(19)25/h6-7,10-13,15,28H,4-5,9,14H2,1-3H3. The molecule has 0 aliphatic carbocycles. The van der Waals surface area contributed by atoms with E-state index in [1.165, 1.54) is 19.5 Å². The van der Waals surface area contributed by atoms with Crippen molar-refractivity contribution < 1.29 is 22.7 Å². The summed E-state index contributed by atoms with van der Waals surface area (Å²) in [6, 6.07) is 7.17. The maximum atomic E-state index is 13.7. The molecule has 1 N–H and O–H groups in total. The Hall–Kier alpha value is -3.04. The third-order valence-corrected chi connectivity index (χ3v) is 7.36. The number of methoxy groups -OCH3 is 1. The first-order valence-corrected chi connectivity index (χ1v) is 13.1. The number of hydrogen-bond donors (Lipinski definition) is 1. The lowest BCUT2D eigenvalue weighted by molar-refractivity contribution is 0.0943. The molecule has 13 heteroatoms. The summed E-state index contributed by atoms with van der Waals surface area (Å²) in [7, 11) is -2.94. The summed E-state index contributed by atoms with van der Waals surface area (Å²) in [5.41, 5.74) is 4.98.